The van der Waals surface area contributed by atoms with Crippen LogP contribution in [0.1, 0.15) is 24.4 Å². The standard InChI is InChI=1S/C25H28N2O3/c1-29-21-11-6-10-20(16-21)23(27-14-4-5-15-27)17-26-25(28)18-30-24-13-7-9-19-8-2-3-12-22(19)24/h2-3,6-13,16,23H,4-5,14-15,17-18H2,1H3,(H,26,28). The number of methoxy groups -OCH3 is 1. The number of likely N-dealkylation sites (tertiary alicyclic amines) is 1. The molecule has 4 rings (SSSR count). The zero-order valence-electron chi connectivity index (χ0n) is 17.3. The Morgan fingerprint density at radius 2 is 1.80 bits per heavy atom. The molecule has 3 aromatic carbocycles. The van der Waals surface area contributed by atoms with Gasteiger partial charge in [0, 0.05) is 11.9 Å². The quantitative estimate of drug-likeness (QED) is 0.612. The average Bonchev–Trinajstić information content (AvgIpc) is 3.32. The minimum Gasteiger partial charge on any atom is -0.497 e. The van der Waals surface area contributed by atoms with Crippen LogP contribution in [0, 0.1) is 0 Å². The number of hydrogen-bond acceptors (Lipinski definition) is 4. The normalized spacial score (nSPS) is 15.1. The third-order valence-corrected chi connectivity index (χ3v) is 5.66. The van der Waals surface area contributed by atoms with Gasteiger partial charge in [0.2, 0.25) is 0 Å². The van der Waals surface area contributed by atoms with E-state index in [0.717, 1.165) is 40.9 Å². The van der Waals surface area contributed by atoms with Gasteiger partial charge in [-0.15, -0.1) is 0 Å². The molecule has 1 N–H and O–H groups in total. The minimum absolute atomic E-state index is 0.00115. The van der Waals surface area contributed by atoms with Crippen molar-refractivity contribution in [3.63, 3.8) is 0 Å². The third-order valence-electron chi connectivity index (χ3n) is 5.66. The van der Waals surface area contributed by atoms with E-state index >= 15 is 0 Å². The van der Waals surface area contributed by atoms with Gasteiger partial charge in [-0.05, 0) is 55.1 Å². The van der Waals surface area contributed by atoms with Crippen LogP contribution in [-0.2, 0) is 4.79 Å². The van der Waals surface area contributed by atoms with Crippen molar-refractivity contribution in [2.75, 3.05) is 33.4 Å². The van der Waals surface area contributed by atoms with E-state index in [2.05, 4.69) is 22.3 Å². The Kier molecular flexibility index (Phi) is 6.50. The van der Waals surface area contributed by atoms with Crippen LogP contribution in [0.3, 0.4) is 0 Å². The Morgan fingerprint density at radius 3 is 2.63 bits per heavy atom. The van der Waals surface area contributed by atoms with Crippen LogP contribution in [0.2, 0.25) is 0 Å². The molecule has 1 aliphatic heterocycles. The molecule has 0 spiro atoms. The summed E-state index contributed by atoms with van der Waals surface area (Å²) in [6, 6.07) is 22.1. The summed E-state index contributed by atoms with van der Waals surface area (Å²) in [6.45, 7) is 2.64. The van der Waals surface area contributed by atoms with E-state index in [1.165, 1.54) is 12.8 Å². The average molecular weight is 405 g/mol. The molecule has 1 saturated heterocycles. The van der Waals surface area contributed by atoms with Gasteiger partial charge >= 0.3 is 0 Å². The summed E-state index contributed by atoms with van der Waals surface area (Å²) in [7, 11) is 1.68. The van der Waals surface area contributed by atoms with E-state index < -0.39 is 0 Å². The van der Waals surface area contributed by atoms with Gasteiger partial charge in [-0.1, -0.05) is 48.5 Å². The number of fused-ring (bicyclic) bond motifs is 1. The lowest BCUT2D eigenvalue weighted by Gasteiger charge is -2.28. The SMILES string of the molecule is COc1cccc(C(CNC(=O)COc2cccc3ccccc23)N2CCCC2)c1. The first kappa shape index (κ1) is 20.2. The van der Waals surface area contributed by atoms with Gasteiger partial charge in [0.25, 0.3) is 5.91 Å². The van der Waals surface area contributed by atoms with Crippen LogP contribution in [0.5, 0.6) is 11.5 Å². The van der Waals surface area contributed by atoms with Crippen LogP contribution in [0.15, 0.2) is 66.7 Å². The molecule has 0 aliphatic carbocycles. The van der Waals surface area contributed by atoms with Gasteiger partial charge < -0.3 is 14.8 Å². The lowest BCUT2D eigenvalue weighted by atomic mass is 10.0. The van der Waals surface area contributed by atoms with Crippen molar-refractivity contribution in [2.45, 2.75) is 18.9 Å². The highest BCUT2D eigenvalue weighted by molar-refractivity contribution is 5.88. The highest BCUT2D eigenvalue weighted by Crippen LogP contribution is 2.27. The van der Waals surface area contributed by atoms with Crippen molar-refractivity contribution in [3.8, 4) is 11.5 Å². The lowest BCUT2D eigenvalue weighted by Crippen LogP contribution is -2.38. The summed E-state index contributed by atoms with van der Waals surface area (Å²) in [4.78, 5) is 15.0. The van der Waals surface area contributed by atoms with Crippen LogP contribution in [0.4, 0.5) is 0 Å². The second kappa shape index (κ2) is 9.63. The largest absolute Gasteiger partial charge is 0.497 e. The zero-order chi connectivity index (χ0) is 20.8. The summed E-state index contributed by atoms with van der Waals surface area (Å²) < 4.78 is 11.2. The molecule has 1 amide bonds. The Bertz CT molecular complexity index is 993. The molecule has 0 bridgehead atoms. The molecule has 1 aliphatic rings. The van der Waals surface area contributed by atoms with Crippen LogP contribution in [0.25, 0.3) is 10.8 Å². The highest BCUT2D eigenvalue weighted by atomic mass is 16.5. The molecule has 5 nitrogen and oxygen atoms in total. The minimum atomic E-state index is -0.116. The van der Waals surface area contributed by atoms with Crippen LogP contribution >= 0.6 is 0 Å². The molecule has 0 saturated carbocycles. The van der Waals surface area contributed by atoms with Crippen molar-refractivity contribution in [1.82, 2.24) is 10.2 Å². The number of ether oxygens (including phenoxy) is 2. The number of carbonyl (C=O) groups is 1. The molecule has 5 heteroatoms. The van der Waals surface area contributed by atoms with Gasteiger partial charge in [0.15, 0.2) is 6.61 Å². The second-order valence-corrected chi connectivity index (χ2v) is 7.61. The molecule has 1 fully saturated rings. The maximum atomic E-state index is 12.5. The summed E-state index contributed by atoms with van der Waals surface area (Å²) in [6.07, 6.45) is 2.39. The number of rotatable bonds is 8. The molecule has 1 heterocycles. The van der Waals surface area contributed by atoms with Gasteiger partial charge in [-0.2, -0.15) is 0 Å². The summed E-state index contributed by atoms with van der Waals surface area (Å²) in [5.41, 5.74) is 1.16. The molecule has 30 heavy (non-hydrogen) atoms. The summed E-state index contributed by atoms with van der Waals surface area (Å²) in [5, 5.41) is 5.18. The predicted octanol–water partition coefficient (Wildman–Crippen LogP) is 4.18. The molecule has 0 aromatic heterocycles. The van der Waals surface area contributed by atoms with Gasteiger partial charge in [-0.3, -0.25) is 9.69 Å². The zero-order valence-corrected chi connectivity index (χ0v) is 17.3. The Hall–Kier alpha value is -3.05. The van der Waals surface area contributed by atoms with Crippen molar-refractivity contribution in [1.29, 1.82) is 0 Å². The Morgan fingerprint density at radius 1 is 1.03 bits per heavy atom. The Labute approximate surface area is 177 Å². The first-order valence-corrected chi connectivity index (χ1v) is 10.5. The first-order valence-electron chi connectivity index (χ1n) is 10.5. The van der Waals surface area contributed by atoms with E-state index in [4.69, 9.17) is 9.47 Å². The molecule has 1 unspecified atom stereocenters. The lowest BCUT2D eigenvalue weighted by molar-refractivity contribution is -0.123. The van der Waals surface area contributed by atoms with Crippen molar-refractivity contribution < 1.29 is 14.3 Å². The molecular formula is C25H28N2O3. The van der Waals surface area contributed by atoms with E-state index in [9.17, 15) is 4.79 Å². The number of nitrogens with zero attached hydrogens (tertiary/aromatic N) is 1. The van der Waals surface area contributed by atoms with E-state index in [1.807, 2.05) is 54.6 Å². The summed E-state index contributed by atoms with van der Waals surface area (Å²) >= 11 is 0. The monoisotopic (exact) mass is 404 g/mol. The van der Waals surface area contributed by atoms with E-state index in [0.29, 0.717) is 6.54 Å². The van der Waals surface area contributed by atoms with Crippen molar-refractivity contribution in [3.05, 3.63) is 72.3 Å². The maximum absolute atomic E-state index is 12.5. The number of benzene rings is 3. The second-order valence-electron chi connectivity index (χ2n) is 7.61. The summed E-state index contributed by atoms with van der Waals surface area (Å²) in [5.74, 6) is 1.45. The van der Waals surface area contributed by atoms with E-state index in [-0.39, 0.29) is 18.6 Å². The van der Waals surface area contributed by atoms with Gasteiger partial charge in [0.05, 0.1) is 13.2 Å². The highest BCUT2D eigenvalue weighted by Gasteiger charge is 2.24. The number of hydrogen-bond donors (Lipinski definition) is 1. The smallest absolute Gasteiger partial charge is 0.258 e. The van der Waals surface area contributed by atoms with Crippen molar-refractivity contribution >= 4 is 16.7 Å². The fourth-order valence-corrected chi connectivity index (χ4v) is 4.09. The van der Waals surface area contributed by atoms with Crippen LogP contribution in [-0.4, -0.2) is 44.2 Å². The number of nitrogens with one attached hydrogen (secondary N) is 1. The van der Waals surface area contributed by atoms with Crippen molar-refractivity contribution in [2.24, 2.45) is 0 Å². The maximum Gasteiger partial charge on any atom is 0.258 e. The topological polar surface area (TPSA) is 50.8 Å². The molecular weight excluding hydrogens is 376 g/mol. The molecule has 1 atom stereocenters. The molecule has 0 radical (unpaired) electrons. The Balaban J connectivity index is 1.39. The van der Waals surface area contributed by atoms with Crippen LogP contribution < -0.4 is 14.8 Å². The van der Waals surface area contributed by atoms with Gasteiger partial charge in [-0.25, -0.2) is 0 Å². The molecule has 156 valence electrons. The van der Waals surface area contributed by atoms with E-state index in [1.54, 1.807) is 7.11 Å². The molecule has 3 aromatic rings. The third kappa shape index (κ3) is 4.74. The fraction of sp³-hybridized carbons (Fsp3) is 0.320. The fourth-order valence-electron chi connectivity index (χ4n) is 4.09. The first-order chi connectivity index (χ1) is 14.7. The predicted molar refractivity (Wildman–Crippen MR) is 119 cm³/mol. The number of amides is 1. The number of carbonyl (C=O) groups excluding carboxylic acids is 1. The van der Waals surface area contributed by atoms with Gasteiger partial charge in [0.1, 0.15) is 11.5 Å².